The summed E-state index contributed by atoms with van der Waals surface area (Å²) in [5.41, 5.74) is 0.0831. The quantitative estimate of drug-likeness (QED) is 0.685. The number of amides is 1. The minimum Gasteiger partial charge on any atom is -0.497 e. The number of ether oxygens (including phenoxy) is 2. The number of halogens is 1. The molecule has 9 heteroatoms. The zero-order chi connectivity index (χ0) is 20.7. The number of carbonyl (C=O) groups excluding carboxylic acids is 1. The average molecular weight is 410 g/mol. The smallest absolute Gasteiger partial charge is 0.241 e. The number of nitrogens with zero attached hydrogens (tertiary/aromatic N) is 1. The first-order valence-electron chi connectivity index (χ1n) is 8.48. The van der Waals surface area contributed by atoms with Crippen molar-refractivity contribution in [1.82, 2.24) is 5.32 Å². The molecule has 0 saturated carbocycles. The van der Waals surface area contributed by atoms with Crippen molar-refractivity contribution in [1.29, 1.82) is 0 Å². The largest absolute Gasteiger partial charge is 0.497 e. The highest BCUT2D eigenvalue weighted by atomic mass is 32.2. The van der Waals surface area contributed by atoms with Gasteiger partial charge in [-0.3, -0.25) is 9.10 Å². The van der Waals surface area contributed by atoms with Crippen LogP contribution in [0.3, 0.4) is 0 Å². The third-order valence-corrected chi connectivity index (χ3v) is 4.89. The van der Waals surface area contributed by atoms with Crippen LogP contribution in [0.15, 0.2) is 48.5 Å². The molecular weight excluding hydrogens is 387 g/mol. The Balaban J connectivity index is 1.94. The molecule has 0 fully saturated rings. The van der Waals surface area contributed by atoms with E-state index in [-0.39, 0.29) is 18.3 Å². The van der Waals surface area contributed by atoms with Crippen molar-refractivity contribution in [3.05, 3.63) is 54.3 Å². The van der Waals surface area contributed by atoms with E-state index in [0.29, 0.717) is 11.5 Å². The van der Waals surface area contributed by atoms with Crippen LogP contribution in [0, 0.1) is 5.82 Å². The van der Waals surface area contributed by atoms with E-state index in [9.17, 15) is 17.6 Å². The van der Waals surface area contributed by atoms with Gasteiger partial charge < -0.3 is 14.8 Å². The number of methoxy groups -OCH3 is 1. The Morgan fingerprint density at radius 1 is 1.18 bits per heavy atom. The number of hydrogen-bond acceptors (Lipinski definition) is 5. The zero-order valence-electron chi connectivity index (χ0n) is 15.9. The fourth-order valence-electron chi connectivity index (χ4n) is 2.42. The second-order valence-electron chi connectivity index (χ2n) is 6.20. The van der Waals surface area contributed by atoms with Gasteiger partial charge in [-0.15, -0.1) is 0 Å². The molecule has 28 heavy (non-hydrogen) atoms. The maximum absolute atomic E-state index is 13.4. The van der Waals surface area contributed by atoms with E-state index in [1.807, 2.05) is 0 Å². The summed E-state index contributed by atoms with van der Waals surface area (Å²) in [7, 11) is -2.20. The SMILES string of the molecule is COc1ccc(OCC(C)NC(=O)CN(c2cccc(F)c2)S(C)(=O)=O)cc1. The van der Waals surface area contributed by atoms with Gasteiger partial charge in [0.25, 0.3) is 0 Å². The molecule has 0 aliphatic rings. The van der Waals surface area contributed by atoms with Crippen LogP contribution in [0.4, 0.5) is 10.1 Å². The molecule has 0 radical (unpaired) electrons. The fourth-order valence-corrected chi connectivity index (χ4v) is 3.27. The van der Waals surface area contributed by atoms with Gasteiger partial charge in [-0.1, -0.05) is 6.07 Å². The first-order valence-corrected chi connectivity index (χ1v) is 10.3. The van der Waals surface area contributed by atoms with Crippen molar-refractivity contribution in [2.75, 3.05) is 30.8 Å². The lowest BCUT2D eigenvalue weighted by Crippen LogP contribution is -2.44. The van der Waals surface area contributed by atoms with Crippen LogP contribution in [-0.4, -0.2) is 46.9 Å². The van der Waals surface area contributed by atoms with E-state index in [2.05, 4.69) is 5.32 Å². The highest BCUT2D eigenvalue weighted by Gasteiger charge is 2.22. The van der Waals surface area contributed by atoms with Gasteiger partial charge in [0.2, 0.25) is 15.9 Å². The highest BCUT2D eigenvalue weighted by molar-refractivity contribution is 7.92. The fraction of sp³-hybridized carbons (Fsp3) is 0.316. The maximum atomic E-state index is 13.4. The van der Waals surface area contributed by atoms with Gasteiger partial charge in [-0.25, -0.2) is 12.8 Å². The molecule has 0 aliphatic heterocycles. The van der Waals surface area contributed by atoms with Gasteiger partial charge in [-0.2, -0.15) is 0 Å². The zero-order valence-corrected chi connectivity index (χ0v) is 16.7. The van der Waals surface area contributed by atoms with E-state index >= 15 is 0 Å². The monoisotopic (exact) mass is 410 g/mol. The van der Waals surface area contributed by atoms with E-state index in [1.54, 1.807) is 38.3 Å². The van der Waals surface area contributed by atoms with Gasteiger partial charge in [0, 0.05) is 0 Å². The van der Waals surface area contributed by atoms with Crippen molar-refractivity contribution < 1.29 is 27.1 Å². The van der Waals surface area contributed by atoms with Gasteiger partial charge >= 0.3 is 0 Å². The first kappa shape index (κ1) is 21.5. The van der Waals surface area contributed by atoms with Crippen LogP contribution >= 0.6 is 0 Å². The molecular formula is C19H23FN2O5S. The molecule has 152 valence electrons. The molecule has 0 spiro atoms. The van der Waals surface area contributed by atoms with Crippen LogP contribution in [0.5, 0.6) is 11.5 Å². The third-order valence-electron chi connectivity index (χ3n) is 3.75. The predicted octanol–water partition coefficient (Wildman–Crippen LogP) is 2.18. The Labute approximate surface area is 164 Å². The first-order chi connectivity index (χ1) is 13.2. The van der Waals surface area contributed by atoms with Crippen molar-refractivity contribution in [3.63, 3.8) is 0 Å². The number of hydrogen-bond donors (Lipinski definition) is 1. The molecule has 1 amide bonds. The molecule has 2 rings (SSSR count). The van der Waals surface area contributed by atoms with E-state index in [1.165, 1.54) is 18.2 Å². The van der Waals surface area contributed by atoms with Crippen molar-refractivity contribution in [3.8, 4) is 11.5 Å². The minimum absolute atomic E-state index is 0.0831. The average Bonchev–Trinajstić information content (AvgIpc) is 2.64. The lowest BCUT2D eigenvalue weighted by Gasteiger charge is -2.23. The van der Waals surface area contributed by atoms with Crippen LogP contribution in [0.1, 0.15) is 6.92 Å². The third kappa shape index (κ3) is 6.41. The number of sulfonamides is 1. The van der Waals surface area contributed by atoms with E-state index in [0.717, 1.165) is 16.6 Å². The standard InChI is InChI=1S/C19H23FN2O5S/c1-14(13-27-18-9-7-17(26-2)8-10-18)21-19(23)12-22(28(3,24)25)16-6-4-5-15(20)11-16/h4-11,14H,12-13H2,1-3H3,(H,21,23). The van der Waals surface area contributed by atoms with Gasteiger partial charge in [0.05, 0.1) is 25.1 Å². The Bertz CT molecular complexity index is 903. The molecule has 1 atom stereocenters. The Hall–Kier alpha value is -2.81. The molecule has 2 aromatic rings. The summed E-state index contributed by atoms with van der Waals surface area (Å²) in [5, 5.41) is 2.67. The number of rotatable bonds is 9. The van der Waals surface area contributed by atoms with E-state index in [4.69, 9.17) is 9.47 Å². The predicted molar refractivity (Wildman–Crippen MR) is 105 cm³/mol. The normalized spacial score (nSPS) is 12.1. The molecule has 0 aromatic heterocycles. The number of carbonyl (C=O) groups is 1. The molecule has 2 aromatic carbocycles. The van der Waals surface area contributed by atoms with Crippen LogP contribution in [-0.2, 0) is 14.8 Å². The minimum atomic E-state index is -3.76. The second kappa shape index (κ2) is 9.41. The number of benzene rings is 2. The summed E-state index contributed by atoms with van der Waals surface area (Å²) >= 11 is 0. The van der Waals surface area contributed by atoms with Gasteiger partial charge in [0.1, 0.15) is 30.5 Å². The topological polar surface area (TPSA) is 84.9 Å². The molecule has 0 aliphatic carbocycles. The molecule has 0 saturated heterocycles. The van der Waals surface area contributed by atoms with Crippen LogP contribution in [0.25, 0.3) is 0 Å². The molecule has 7 nitrogen and oxygen atoms in total. The Morgan fingerprint density at radius 2 is 1.82 bits per heavy atom. The summed E-state index contributed by atoms with van der Waals surface area (Å²) < 4.78 is 49.0. The van der Waals surface area contributed by atoms with Crippen molar-refractivity contribution >= 4 is 21.6 Å². The van der Waals surface area contributed by atoms with E-state index < -0.39 is 28.3 Å². The Morgan fingerprint density at radius 3 is 2.39 bits per heavy atom. The van der Waals surface area contributed by atoms with Gasteiger partial charge in [-0.05, 0) is 49.4 Å². The van der Waals surface area contributed by atoms with Crippen molar-refractivity contribution in [2.45, 2.75) is 13.0 Å². The molecule has 0 bridgehead atoms. The summed E-state index contributed by atoms with van der Waals surface area (Å²) in [4.78, 5) is 12.3. The summed E-state index contributed by atoms with van der Waals surface area (Å²) in [5.74, 6) is 0.194. The number of anilines is 1. The maximum Gasteiger partial charge on any atom is 0.241 e. The van der Waals surface area contributed by atoms with Gasteiger partial charge in [0.15, 0.2) is 0 Å². The molecule has 1 N–H and O–H groups in total. The van der Waals surface area contributed by atoms with Crippen LogP contribution < -0.4 is 19.1 Å². The number of nitrogens with one attached hydrogen (secondary N) is 1. The van der Waals surface area contributed by atoms with Crippen molar-refractivity contribution in [2.24, 2.45) is 0 Å². The molecule has 1 unspecified atom stereocenters. The summed E-state index contributed by atoms with van der Waals surface area (Å²) in [6.07, 6.45) is 0.960. The lowest BCUT2D eigenvalue weighted by molar-refractivity contribution is -0.120. The second-order valence-corrected chi connectivity index (χ2v) is 8.11. The summed E-state index contributed by atoms with van der Waals surface area (Å²) in [6.45, 7) is 1.46. The Kier molecular flexibility index (Phi) is 7.22. The molecule has 0 heterocycles. The lowest BCUT2D eigenvalue weighted by atomic mass is 10.3. The van der Waals surface area contributed by atoms with Crippen LogP contribution in [0.2, 0.25) is 0 Å². The highest BCUT2D eigenvalue weighted by Crippen LogP contribution is 2.19. The summed E-state index contributed by atoms with van der Waals surface area (Å²) in [6, 6.07) is 11.7.